The normalized spacial score (nSPS) is 11.7. The minimum Gasteiger partial charge on any atom is -0.353 e. The van der Waals surface area contributed by atoms with Crippen LogP contribution in [0.2, 0.25) is 15.1 Å². The third-order valence-electron chi connectivity index (χ3n) is 1.55. The van der Waals surface area contributed by atoms with Crippen LogP contribution < -0.4 is 0 Å². The van der Waals surface area contributed by atoms with Crippen molar-refractivity contribution in [3.63, 3.8) is 0 Å². The van der Waals surface area contributed by atoms with Gasteiger partial charge in [0.1, 0.15) is 5.69 Å². The van der Waals surface area contributed by atoms with Crippen LogP contribution >= 0.6 is 46.4 Å². The van der Waals surface area contributed by atoms with E-state index in [1.54, 1.807) is 31.1 Å². The first-order chi connectivity index (χ1) is 6.91. The van der Waals surface area contributed by atoms with Gasteiger partial charge < -0.3 is 4.90 Å². The summed E-state index contributed by atoms with van der Waals surface area (Å²) in [6.07, 6.45) is 0. The van der Waals surface area contributed by atoms with Crippen LogP contribution in [0.4, 0.5) is 5.69 Å². The second kappa shape index (κ2) is 5.26. The Morgan fingerprint density at radius 2 is 1.60 bits per heavy atom. The van der Waals surface area contributed by atoms with Crippen LogP contribution in [0.5, 0.6) is 0 Å². The molecule has 0 amide bonds. The zero-order valence-electron chi connectivity index (χ0n) is 8.06. The Kier molecular flexibility index (Phi) is 4.53. The third kappa shape index (κ3) is 3.42. The lowest BCUT2D eigenvalue weighted by atomic mass is 10.3. The van der Waals surface area contributed by atoms with Gasteiger partial charge in [0.25, 0.3) is 0 Å². The smallest absolute Gasteiger partial charge is 0.198 e. The Bertz CT molecular complexity index is 378. The second-order valence-corrected chi connectivity index (χ2v) is 4.58. The monoisotopic (exact) mass is 284 g/mol. The molecule has 0 fully saturated rings. The van der Waals surface area contributed by atoms with E-state index in [1.807, 2.05) is 0 Å². The maximum Gasteiger partial charge on any atom is 0.198 e. The van der Waals surface area contributed by atoms with Crippen molar-refractivity contribution < 1.29 is 0 Å². The summed E-state index contributed by atoms with van der Waals surface area (Å²) in [5.41, 5.74) is 0.418. The van der Waals surface area contributed by atoms with Crippen LogP contribution in [-0.4, -0.2) is 24.3 Å². The fraction of sp³-hybridized carbons (Fsp3) is 0.222. The highest BCUT2D eigenvalue weighted by atomic mass is 35.5. The SMILES string of the molecule is CN(C)C(Cl)=Nc1c(Cl)cc(Cl)cc1Cl. The van der Waals surface area contributed by atoms with Gasteiger partial charge in [0.15, 0.2) is 5.29 Å². The highest BCUT2D eigenvalue weighted by Crippen LogP contribution is 2.36. The third-order valence-corrected chi connectivity index (χ3v) is 2.77. The Hall–Kier alpha value is -0.150. The molecule has 0 aromatic heterocycles. The number of hydrogen-bond acceptors (Lipinski definition) is 1. The summed E-state index contributed by atoms with van der Waals surface area (Å²) in [7, 11) is 3.53. The largest absolute Gasteiger partial charge is 0.353 e. The number of benzene rings is 1. The topological polar surface area (TPSA) is 15.6 Å². The summed E-state index contributed by atoms with van der Waals surface area (Å²) in [5, 5.41) is 1.49. The molecule has 1 aromatic rings. The van der Waals surface area contributed by atoms with Crippen molar-refractivity contribution in [2.45, 2.75) is 0 Å². The van der Waals surface area contributed by atoms with Crippen molar-refractivity contribution in [2.75, 3.05) is 14.1 Å². The second-order valence-electron chi connectivity index (χ2n) is 2.99. The molecule has 0 aliphatic heterocycles. The Balaban J connectivity index is 3.21. The predicted octanol–water partition coefficient (Wildman–Crippen LogP) is 4.43. The van der Waals surface area contributed by atoms with Gasteiger partial charge in [-0.2, -0.15) is 0 Å². The summed E-state index contributed by atoms with van der Waals surface area (Å²) in [4.78, 5) is 5.73. The first kappa shape index (κ1) is 12.9. The van der Waals surface area contributed by atoms with E-state index in [1.165, 1.54) is 0 Å². The molecule has 82 valence electrons. The predicted molar refractivity (Wildman–Crippen MR) is 68.1 cm³/mol. The van der Waals surface area contributed by atoms with E-state index >= 15 is 0 Å². The number of hydrogen-bond donors (Lipinski definition) is 0. The minimum absolute atomic E-state index is 0.293. The molecule has 0 heterocycles. The van der Waals surface area contributed by atoms with E-state index in [0.29, 0.717) is 26.1 Å². The van der Waals surface area contributed by atoms with Crippen molar-refractivity contribution in [1.82, 2.24) is 4.90 Å². The Morgan fingerprint density at radius 1 is 1.13 bits per heavy atom. The maximum atomic E-state index is 5.93. The number of amidine groups is 1. The molecule has 0 saturated carbocycles. The molecular weight excluding hydrogens is 278 g/mol. The van der Waals surface area contributed by atoms with Gasteiger partial charge in [0.2, 0.25) is 0 Å². The fourth-order valence-electron chi connectivity index (χ4n) is 0.834. The highest BCUT2D eigenvalue weighted by molar-refractivity contribution is 6.64. The van der Waals surface area contributed by atoms with Gasteiger partial charge in [-0.05, 0) is 23.7 Å². The van der Waals surface area contributed by atoms with Crippen molar-refractivity contribution >= 4 is 57.4 Å². The summed E-state index contributed by atoms with van der Waals surface area (Å²) >= 11 is 23.5. The number of aliphatic imine (C=N–C) groups is 1. The molecule has 0 atom stereocenters. The van der Waals surface area contributed by atoms with E-state index in [9.17, 15) is 0 Å². The minimum atomic E-state index is 0.293. The van der Waals surface area contributed by atoms with Crippen molar-refractivity contribution in [3.05, 3.63) is 27.2 Å². The number of halogens is 4. The van der Waals surface area contributed by atoms with E-state index in [4.69, 9.17) is 46.4 Å². The van der Waals surface area contributed by atoms with E-state index in [2.05, 4.69) is 4.99 Å². The summed E-state index contributed by atoms with van der Waals surface area (Å²) in [6.45, 7) is 0. The fourth-order valence-corrected chi connectivity index (χ4v) is 1.82. The van der Waals surface area contributed by atoms with Gasteiger partial charge in [-0.3, -0.25) is 0 Å². The maximum absolute atomic E-state index is 5.93. The summed E-state index contributed by atoms with van der Waals surface area (Å²) in [5.74, 6) is 0. The molecular formula is C9H8Cl4N2. The molecule has 6 heteroatoms. The lowest BCUT2D eigenvalue weighted by Gasteiger charge is -2.10. The Labute approximate surface area is 108 Å². The molecule has 0 radical (unpaired) electrons. The molecule has 15 heavy (non-hydrogen) atoms. The average Bonchev–Trinajstić information content (AvgIpc) is 2.10. The molecule has 0 spiro atoms. The molecule has 0 unspecified atom stereocenters. The van der Waals surface area contributed by atoms with Gasteiger partial charge >= 0.3 is 0 Å². The molecule has 0 aliphatic rings. The Morgan fingerprint density at radius 3 is 2.00 bits per heavy atom. The van der Waals surface area contributed by atoms with Gasteiger partial charge in [-0.25, -0.2) is 4.99 Å². The lowest BCUT2D eigenvalue weighted by Crippen LogP contribution is -2.15. The van der Waals surface area contributed by atoms with Crippen LogP contribution in [0.1, 0.15) is 0 Å². The molecule has 0 aliphatic carbocycles. The molecule has 1 rings (SSSR count). The van der Waals surface area contributed by atoms with Crippen molar-refractivity contribution in [3.8, 4) is 0 Å². The summed E-state index contributed by atoms with van der Waals surface area (Å²) < 4.78 is 0. The first-order valence-electron chi connectivity index (χ1n) is 3.98. The van der Waals surface area contributed by atoms with Crippen LogP contribution in [-0.2, 0) is 0 Å². The van der Waals surface area contributed by atoms with Gasteiger partial charge in [0, 0.05) is 19.1 Å². The molecule has 2 nitrogen and oxygen atoms in total. The van der Waals surface area contributed by atoms with Crippen LogP contribution in [0.3, 0.4) is 0 Å². The number of nitrogens with zero attached hydrogens (tertiary/aromatic N) is 2. The zero-order chi connectivity index (χ0) is 11.6. The van der Waals surface area contributed by atoms with Crippen molar-refractivity contribution in [1.29, 1.82) is 0 Å². The lowest BCUT2D eigenvalue weighted by molar-refractivity contribution is 0.635. The van der Waals surface area contributed by atoms with Crippen molar-refractivity contribution in [2.24, 2.45) is 4.99 Å². The quantitative estimate of drug-likeness (QED) is 0.423. The zero-order valence-corrected chi connectivity index (χ0v) is 11.1. The molecule has 0 bridgehead atoms. The van der Waals surface area contributed by atoms with Crippen LogP contribution in [0, 0.1) is 0 Å². The van der Waals surface area contributed by atoms with E-state index in [0.717, 1.165) is 0 Å². The molecule has 0 N–H and O–H groups in total. The van der Waals surface area contributed by atoms with Gasteiger partial charge in [-0.1, -0.05) is 34.8 Å². The van der Waals surface area contributed by atoms with Crippen LogP contribution in [0.15, 0.2) is 17.1 Å². The standard InChI is InChI=1S/C9H8Cl4N2/c1-15(2)9(13)14-8-6(11)3-5(10)4-7(8)12/h3-4H,1-2H3. The molecule has 0 saturated heterocycles. The van der Waals surface area contributed by atoms with E-state index in [-0.39, 0.29) is 0 Å². The first-order valence-corrected chi connectivity index (χ1v) is 5.49. The van der Waals surface area contributed by atoms with Crippen LogP contribution in [0.25, 0.3) is 0 Å². The number of rotatable bonds is 1. The average molecular weight is 286 g/mol. The summed E-state index contributed by atoms with van der Waals surface area (Å²) in [6, 6.07) is 3.13. The van der Waals surface area contributed by atoms with E-state index < -0.39 is 0 Å². The van der Waals surface area contributed by atoms with Gasteiger partial charge in [-0.15, -0.1) is 0 Å². The van der Waals surface area contributed by atoms with Gasteiger partial charge in [0.05, 0.1) is 10.0 Å². The highest BCUT2D eigenvalue weighted by Gasteiger charge is 2.08. The molecule has 1 aromatic carbocycles.